The Morgan fingerprint density at radius 1 is 1.10 bits per heavy atom. The van der Waals surface area contributed by atoms with Crippen LogP contribution >= 0.6 is 0 Å². The smallest absolute Gasteiger partial charge is 0.259 e. The number of hydrogen-bond donors (Lipinski definition) is 1. The Morgan fingerprint density at radius 3 is 2.42 bits per heavy atom. The van der Waals surface area contributed by atoms with Gasteiger partial charge in [-0.3, -0.25) is 14.5 Å². The zero-order valence-electron chi connectivity index (χ0n) is 17.8. The van der Waals surface area contributed by atoms with Crippen molar-refractivity contribution in [2.45, 2.75) is 38.5 Å². The highest BCUT2D eigenvalue weighted by Crippen LogP contribution is 2.26. The first kappa shape index (κ1) is 21.4. The van der Waals surface area contributed by atoms with Crippen molar-refractivity contribution in [2.24, 2.45) is 0 Å². The first-order valence-electron chi connectivity index (χ1n) is 10.9. The van der Waals surface area contributed by atoms with Gasteiger partial charge in [-0.1, -0.05) is 0 Å². The van der Waals surface area contributed by atoms with E-state index in [1.54, 1.807) is 13.1 Å². The monoisotopic (exact) mass is 425 g/mol. The van der Waals surface area contributed by atoms with Crippen molar-refractivity contribution >= 4 is 17.5 Å². The maximum atomic E-state index is 13.0. The van der Waals surface area contributed by atoms with Gasteiger partial charge < -0.3 is 10.2 Å². The van der Waals surface area contributed by atoms with Crippen molar-refractivity contribution < 1.29 is 14.0 Å². The molecule has 8 heteroatoms. The fraction of sp³-hybridized carbons (Fsp3) is 0.478. The van der Waals surface area contributed by atoms with E-state index in [0.29, 0.717) is 36.6 Å². The second kappa shape index (κ2) is 9.51. The zero-order valence-corrected chi connectivity index (χ0v) is 17.8. The number of aryl methyl sites for hydroxylation is 1. The minimum absolute atomic E-state index is 0.184. The topological polar surface area (TPSA) is 78.4 Å². The van der Waals surface area contributed by atoms with Crippen molar-refractivity contribution in [1.82, 2.24) is 19.8 Å². The summed E-state index contributed by atoms with van der Waals surface area (Å²) in [6.07, 6.45) is 5.58. The average Bonchev–Trinajstić information content (AvgIpc) is 3.28. The summed E-state index contributed by atoms with van der Waals surface area (Å²) in [4.78, 5) is 38.3. The lowest BCUT2D eigenvalue weighted by molar-refractivity contribution is -0.133. The largest absolute Gasteiger partial charge is 0.342 e. The number of carbonyl (C=O) groups excluding carboxylic acids is 2. The molecule has 2 aromatic rings. The molecule has 2 aliphatic rings. The van der Waals surface area contributed by atoms with Crippen LogP contribution in [0.4, 0.5) is 10.1 Å². The molecule has 0 unspecified atom stereocenters. The van der Waals surface area contributed by atoms with Gasteiger partial charge in [0.2, 0.25) is 5.91 Å². The van der Waals surface area contributed by atoms with Crippen LogP contribution in [0.3, 0.4) is 0 Å². The van der Waals surface area contributed by atoms with Crippen LogP contribution in [-0.2, 0) is 4.79 Å². The lowest BCUT2D eigenvalue weighted by atomic mass is 9.95. The van der Waals surface area contributed by atoms with Crippen LogP contribution < -0.4 is 5.32 Å². The molecular weight excluding hydrogens is 397 g/mol. The van der Waals surface area contributed by atoms with Gasteiger partial charge in [0, 0.05) is 30.9 Å². The summed E-state index contributed by atoms with van der Waals surface area (Å²) < 4.78 is 13.0. The Labute approximate surface area is 181 Å². The van der Waals surface area contributed by atoms with E-state index in [9.17, 15) is 14.0 Å². The summed E-state index contributed by atoms with van der Waals surface area (Å²) in [6, 6.07) is 5.61. The highest BCUT2D eigenvalue weighted by molar-refractivity contribution is 6.04. The predicted molar refractivity (Wildman–Crippen MR) is 115 cm³/mol. The standard InChI is InChI=1S/C23H28FN5O2/c1-16-20(23(31)27-19-6-4-18(24)5-7-19)14-25-22(26-16)17-8-12-29(13-9-17)21(30)15-28-10-2-3-11-28/h4-7,14,17H,2-3,8-13,15H2,1H3,(H,27,31). The number of piperidine rings is 1. The fourth-order valence-corrected chi connectivity index (χ4v) is 4.26. The molecule has 1 N–H and O–H groups in total. The lowest BCUT2D eigenvalue weighted by Gasteiger charge is -2.32. The van der Waals surface area contributed by atoms with Crippen LogP contribution in [-0.4, -0.2) is 64.3 Å². The summed E-state index contributed by atoms with van der Waals surface area (Å²) in [5, 5.41) is 2.74. The van der Waals surface area contributed by atoms with Gasteiger partial charge in [-0.15, -0.1) is 0 Å². The quantitative estimate of drug-likeness (QED) is 0.797. The molecule has 0 atom stereocenters. The van der Waals surface area contributed by atoms with E-state index in [0.717, 1.165) is 31.8 Å². The van der Waals surface area contributed by atoms with Gasteiger partial charge >= 0.3 is 0 Å². The molecule has 0 bridgehead atoms. The van der Waals surface area contributed by atoms with Crippen molar-refractivity contribution in [2.75, 3.05) is 38.0 Å². The van der Waals surface area contributed by atoms with Gasteiger partial charge in [0.1, 0.15) is 11.6 Å². The third-order valence-electron chi connectivity index (χ3n) is 6.12. The number of amides is 2. The van der Waals surface area contributed by atoms with Gasteiger partial charge in [-0.05, 0) is 70.0 Å². The number of carbonyl (C=O) groups is 2. The number of anilines is 1. The number of likely N-dealkylation sites (tertiary alicyclic amines) is 2. The van der Waals surface area contributed by atoms with E-state index >= 15 is 0 Å². The first-order chi connectivity index (χ1) is 15.0. The van der Waals surface area contributed by atoms with Crippen LogP contribution in [0.15, 0.2) is 30.5 Å². The second-order valence-corrected chi connectivity index (χ2v) is 8.33. The SMILES string of the molecule is Cc1nc(C2CCN(C(=O)CN3CCCC3)CC2)ncc1C(=O)Nc1ccc(F)cc1. The first-order valence-corrected chi connectivity index (χ1v) is 10.9. The summed E-state index contributed by atoms with van der Waals surface area (Å²) in [5.41, 5.74) is 1.52. The molecule has 164 valence electrons. The van der Waals surface area contributed by atoms with Gasteiger partial charge in [-0.2, -0.15) is 0 Å². The molecule has 1 aromatic heterocycles. The van der Waals surface area contributed by atoms with E-state index in [1.165, 1.54) is 37.1 Å². The van der Waals surface area contributed by atoms with Crippen LogP contribution in [0.25, 0.3) is 0 Å². The fourth-order valence-electron chi connectivity index (χ4n) is 4.26. The summed E-state index contributed by atoms with van der Waals surface area (Å²) >= 11 is 0. The van der Waals surface area contributed by atoms with Gasteiger partial charge in [0.15, 0.2) is 0 Å². The number of hydrogen-bond acceptors (Lipinski definition) is 5. The van der Waals surface area contributed by atoms with E-state index < -0.39 is 0 Å². The Morgan fingerprint density at radius 2 is 1.77 bits per heavy atom. The van der Waals surface area contributed by atoms with Crippen LogP contribution in [0.1, 0.15) is 53.5 Å². The van der Waals surface area contributed by atoms with Crippen molar-refractivity contribution in [3.05, 3.63) is 53.4 Å². The number of aromatic nitrogens is 2. The molecule has 2 fully saturated rings. The Balaban J connectivity index is 1.33. The minimum Gasteiger partial charge on any atom is -0.342 e. The van der Waals surface area contributed by atoms with E-state index in [2.05, 4.69) is 20.2 Å². The molecule has 0 aliphatic carbocycles. The molecule has 7 nitrogen and oxygen atoms in total. The Hall–Kier alpha value is -2.87. The van der Waals surface area contributed by atoms with E-state index in [-0.39, 0.29) is 23.5 Å². The maximum Gasteiger partial charge on any atom is 0.259 e. The second-order valence-electron chi connectivity index (χ2n) is 8.33. The molecule has 0 saturated carbocycles. The zero-order chi connectivity index (χ0) is 21.8. The average molecular weight is 426 g/mol. The molecule has 2 saturated heterocycles. The highest BCUT2D eigenvalue weighted by atomic mass is 19.1. The van der Waals surface area contributed by atoms with Crippen molar-refractivity contribution in [3.63, 3.8) is 0 Å². The molecule has 3 heterocycles. The lowest BCUT2D eigenvalue weighted by Crippen LogP contribution is -2.43. The van der Waals surface area contributed by atoms with Crippen molar-refractivity contribution in [1.29, 1.82) is 0 Å². The number of rotatable bonds is 5. The van der Waals surface area contributed by atoms with Gasteiger partial charge in [0.05, 0.1) is 17.8 Å². The van der Waals surface area contributed by atoms with Crippen LogP contribution in [0.5, 0.6) is 0 Å². The molecule has 4 rings (SSSR count). The number of nitrogens with one attached hydrogen (secondary N) is 1. The molecular formula is C23H28FN5O2. The van der Waals surface area contributed by atoms with Crippen molar-refractivity contribution in [3.8, 4) is 0 Å². The summed E-state index contributed by atoms with van der Waals surface area (Å²) in [6.45, 7) is 5.80. The Kier molecular flexibility index (Phi) is 6.56. The third kappa shape index (κ3) is 5.25. The molecule has 0 spiro atoms. The third-order valence-corrected chi connectivity index (χ3v) is 6.12. The number of halogens is 1. The van der Waals surface area contributed by atoms with E-state index in [4.69, 9.17) is 0 Å². The molecule has 1 aromatic carbocycles. The number of benzene rings is 1. The van der Waals surface area contributed by atoms with Crippen LogP contribution in [0, 0.1) is 12.7 Å². The summed E-state index contributed by atoms with van der Waals surface area (Å²) in [5.74, 6) is 0.445. The van der Waals surface area contributed by atoms with Crippen LogP contribution in [0.2, 0.25) is 0 Å². The normalized spacial score (nSPS) is 17.7. The molecule has 2 aliphatic heterocycles. The minimum atomic E-state index is -0.356. The van der Waals surface area contributed by atoms with E-state index in [1.807, 2.05) is 4.90 Å². The van der Waals surface area contributed by atoms with Gasteiger partial charge in [0.25, 0.3) is 5.91 Å². The molecule has 0 radical (unpaired) electrons. The number of nitrogens with zero attached hydrogens (tertiary/aromatic N) is 4. The summed E-state index contributed by atoms with van der Waals surface area (Å²) in [7, 11) is 0. The predicted octanol–water partition coefficient (Wildman–Crippen LogP) is 2.98. The molecule has 31 heavy (non-hydrogen) atoms. The van der Waals surface area contributed by atoms with Gasteiger partial charge in [-0.25, -0.2) is 14.4 Å². The highest BCUT2D eigenvalue weighted by Gasteiger charge is 2.27. The maximum absolute atomic E-state index is 13.0. The molecule has 2 amide bonds. The Bertz CT molecular complexity index is 935.